The van der Waals surface area contributed by atoms with Crippen molar-refractivity contribution in [3.05, 3.63) is 58.5 Å². The Kier molecular flexibility index (Phi) is 5.22. The van der Waals surface area contributed by atoms with Gasteiger partial charge in [-0.25, -0.2) is 14.2 Å². The van der Waals surface area contributed by atoms with Gasteiger partial charge < -0.3 is 20.1 Å². The SMILES string of the molecule is COc1ncccc1[C@@H](NC(=O)C1CNC(=O)O1)c1ccc(F)c(Cl)c1. The molecule has 1 fully saturated rings. The zero-order valence-corrected chi connectivity index (χ0v) is 14.4. The number of benzene rings is 1. The van der Waals surface area contributed by atoms with Crippen molar-refractivity contribution >= 4 is 23.6 Å². The smallest absolute Gasteiger partial charge is 0.408 e. The highest BCUT2D eigenvalue weighted by Crippen LogP contribution is 2.30. The summed E-state index contributed by atoms with van der Waals surface area (Å²) in [5, 5.41) is 5.10. The van der Waals surface area contributed by atoms with Crippen LogP contribution in [-0.2, 0) is 9.53 Å². The highest BCUT2D eigenvalue weighted by Gasteiger charge is 2.32. The number of hydrogen-bond acceptors (Lipinski definition) is 5. The van der Waals surface area contributed by atoms with Crippen LogP contribution in [0.1, 0.15) is 17.2 Å². The van der Waals surface area contributed by atoms with Crippen molar-refractivity contribution < 1.29 is 23.5 Å². The summed E-state index contributed by atoms with van der Waals surface area (Å²) in [5.41, 5.74) is 1.07. The Bertz CT molecular complexity index is 849. The molecule has 1 aliphatic heterocycles. The van der Waals surface area contributed by atoms with E-state index in [0.717, 1.165) is 0 Å². The summed E-state index contributed by atoms with van der Waals surface area (Å²) in [6.07, 6.45) is -0.0873. The summed E-state index contributed by atoms with van der Waals surface area (Å²) in [4.78, 5) is 27.8. The van der Waals surface area contributed by atoms with Crippen LogP contribution in [0.3, 0.4) is 0 Å². The minimum Gasteiger partial charge on any atom is -0.481 e. The van der Waals surface area contributed by atoms with Crippen LogP contribution in [0.4, 0.5) is 9.18 Å². The molecule has 1 aromatic heterocycles. The molecule has 7 nitrogen and oxygen atoms in total. The van der Waals surface area contributed by atoms with Gasteiger partial charge in [0.1, 0.15) is 5.82 Å². The van der Waals surface area contributed by atoms with Crippen LogP contribution in [0.2, 0.25) is 5.02 Å². The topological polar surface area (TPSA) is 89.5 Å². The molecule has 3 rings (SSSR count). The fraction of sp³-hybridized carbons (Fsp3) is 0.235. The number of hydrogen-bond donors (Lipinski definition) is 2. The van der Waals surface area contributed by atoms with Crippen LogP contribution in [0.5, 0.6) is 5.88 Å². The third kappa shape index (κ3) is 3.70. The number of carbonyl (C=O) groups is 2. The number of aromatic nitrogens is 1. The first-order chi connectivity index (χ1) is 12.5. The fourth-order valence-corrected chi connectivity index (χ4v) is 2.79. The number of pyridine rings is 1. The molecule has 2 amide bonds. The predicted octanol–water partition coefficient (Wildman–Crippen LogP) is 2.20. The van der Waals surface area contributed by atoms with Gasteiger partial charge in [0, 0.05) is 11.8 Å². The summed E-state index contributed by atoms with van der Waals surface area (Å²) in [7, 11) is 1.45. The molecule has 1 saturated heterocycles. The lowest BCUT2D eigenvalue weighted by Crippen LogP contribution is -2.39. The number of alkyl carbamates (subject to hydrolysis) is 1. The largest absolute Gasteiger partial charge is 0.481 e. The molecule has 1 aromatic carbocycles. The molecule has 2 N–H and O–H groups in total. The number of nitrogens with zero attached hydrogens (tertiary/aromatic N) is 1. The van der Waals surface area contributed by atoms with Gasteiger partial charge in [-0.2, -0.15) is 0 Å². The van der Waals surface area contributed by atoms with E-state index < -0.39 is 30.0 Å². The number of amides is 2. The first-order valence-electron chi connectivity index (χ1n) is 7.68. The number of halogens is 2. The van der Waals surface area contributed by atoms with E-state index in [-0.39, 0.29) is 11.6 Å². The molecule has 0 aliphatic carbocycles. The Hall–Kier alpha value is -2.87. The average Bonchev–Trinajstić information content (AvgIpc) is 3.08. The van der Waals surface area contributed by atoms with Crippen LogP contribution < -0.4 is 15.4 Å². The number of methoxy groups -OCH3 is 1. The molecule has 0 spiro atoms. The molecule has 1 aliphatic rings. The van der Waals surface area contributed by atoms with Crippen molar-refractivity contribution in [1.29, 1.82) is 0 Å². The third-order valence-corrected chi connectivity index (χ3v) is 4.13. The first-order valence-corrected chi connectivity index (χ1v) is 8.06. The molecule has 26 heavy (non-hydrogen) atoms. The van der Waals surface area contributed by atoms with Crippen molar-refractivity contribution in [2.24, 2.45) is 0 Å². The van der Waals surface area contributed by atoms with E-state index in [1.807, 2.05) is 0 Å². The van der Waals surface area contributed by atoms with E-state index in [1.54, 1.807) is 18.3 Å². The van der Waals surface area contributed by atoms with Crippen LogP contribution in [0.15, 0.2) is 36.5 Å². The van der Waals surface area contributed by atoms with Crippen molar-refractivity contribution in [2.75, 3.05) is 13.7 Å². The molecule has 2 aromatic rings. The minimum absolute atomic E-state index is 0.0612. The lowest BCUT2D eigenvalue weighted by molar-refractivity contribution is -0.128. The molecule has 2 atom stereocenters. The van der Waals surface area contributed by atoms with Gasteiger partial charge in [-0.05, 0) is 29.8 Å². The lowest BCUT2D eigenvalue weighted by Gasteiger charge is -2.22. The lowest BCUT2D eigenvalue weighted by atomic mass is 9.99. The molecule has 0 bridgehead atoms. The molecule has 2 heterocycles. The predicted molar refractivity (Wildman–Crippen MR) is 90.5 cm³/mol. The molecular weight excluding hydrogens is 365 g/mol. The van der Waals surface area contributed by atoms with Crippen LogP contribution in [-0.4, -0.2) is 36.7 Å². The van der Waals surface area contributed by atoms with Crippen molar-refractivity contribution in [3.8, 4) is 5.88 Å². The van der Waals surface area contributed by atoms with Crippen LogP contribution in [0, 0.1) is 5.82 Å². The maximum Gasteiger partial charge on any atom is 0.408 e. The standard InChI is InChI=1S/C17H15ClFN3O4/c1-25-16-10(3-2-6-20-16)14(9-4-5-12(19)11(18)7-9)22-15(23)13-8-21-17(24)26-13/h2-7,13-14H,8H2,1H3,(H,21,24)(H,22,23)/t13?,14-/m0/s1. The summed E-state index contributed by atoms with van der Waals surface area (Å²) >= 11 is 5.89. The van der Waals surface area contributed by atoms with Gasteiger partial charge >= 0.3 is 6.09 Å². The molecular formula is C17H15ClFN3O4. The van der Waals surface area contributed by atoms with Crippen LogP contribution >= 0.6 is 11.6 Å². The number of cyclic esters (lactones) is 1. The van der Waals surface area contributed by atoms with Gasteiger partial charge in [0.05, 0.1) is 24.7 Å². The zero-order valence-electron chi connectivity index (χ0n) is 13.7. The molecule has 136 valence electrons. The monoisotopic (exact) mass is 379 g/mol. The second-order valence-electron chi connectivity index (χ2n) is 5.49. The third-order valence-electron chi connectivity index (χ3n) is 3.84. The van der Waals surface area contributed by atoms with E-state index in [4.69, 9.17) is 21.1 Å². The van der Waals surface area contributed by atoms with E-state index in [9.17, 15) is 14.0 Å². The van der Waals surface area contributed by atoms with Gasteiger partial charge in [-0.15, -0.1) is 0 Å². The maximum absolute atomic E-state index is 13.5. The first kappa shape index (κ1) is 17.9. The average molecular weight is 380 g/mol. The number of rotatable bonds is 5. The van der Waals surface area contributed by atoms with E-state index >= 15 is 0 Å². The number of nitrogens with one attached hydrogen (secondary N) is 2. The van der Waals surface area contributed by atoms with Gasteiger partial charge in [-0.1, -0.05) is 17.7 Å². The summed E-state index contributed by atoms with van der Waals surface area (Å²) in [5.74, 6) is -0.799. The Balaban J connectivity index is 1.97. The molecule has 0 saturated carbocycles. The van der Waals surface area contributed by atoms with E-state index in [2.05, 4.69) is 15.6 Å². The Morgan fingerprint density at radius 2 is 2.31 bits per heavy atom. The van der Waals surface area contributed by atoms with Gasteiger partial charge in [0.2, 0.25) is 5.88 Å². The van der Waals surface area contributed by atoms with Crippen molar-refractivity contribution in [2.45, 2.75) is 12.1 Å². The normalized spacial score (nSPS) is 17.2. The fourth-order valence-electron chi connectivity index (χ4n) is 2.60. The van der Waals surface area contributed by atoms with E-state index in [0.29, 0.717) is 17.0 Å². The second-order valence-corrected chi connectivity index (χ2v) is 5.90. The second kappa shape index (κ2) is 7.57. The Morgan fingerprint density at radius 3 is 2.96 bits per heavy atom. The summed E-state index contributed by atoms with van der Waals surface area (Å²) in [6, 6.07) is 6.77. The highest BCUT2D eigenvalue weighted by molar-refractivity contribution is 6.30. The molecule has 0 radical (unpaired) electrons. The minimum atomic E-state index is -0.969. The maximum atomic E-state index is 13.5. The molecule has 1 unspecified atom stereocenters. The molecule has 9 heteroatoms. The summed E-state index contributed by atoms with van der Waals surface area (Å²) in [6.45, 7) is 0.0612. The van der Waals surface area contributed by atoms with E-state index in [1.165, 1.54) is 25.3 Å². The van der Waals surface area contributed by atoms with Gasteiger partial charge in [0.25, 0.3) is 5.91 Å². The number of carbonyl (C=O) groups excluding carboxylic acids is 2. The van der Waals surface area contributed by atoms with Crippen molar-refractivity contribution in [1.82, 2.24) is 15.6 Å². The van der Waals surface area contributed by atoms with Crippen LogP contribution in [0.25, 0.3) is 0 Å². The zero-order chi connectivity index (χ0) is 18.7. The van der Waals surface area contributed by atoms with Crippen molar-refractivity contribution in [3.63, 3.8) is 0 Å². The Morgan fingerprint density at radius 1 is 1.50 bits per heavy atom. The Labute approximate surface area is 153 Å². The quantitative estimate of drug-likeness (QED) is 0.831. The van der Waals surface area contributed by atoms with Gasteiger partial charge in [0.15, 0.2) is 6.10 Å². The highest BCUT2D eigenvalue weighted by atomic mass is 35.5. The van der Waals surface area contributed by atoms with Gasteiger partial charge in [-0.3, -0.25) is 4.79 Å². The summed E-state index contributed by atoms with van der Waals surface area (Å²) < 4.78 is 23.7. The number of ether oxygens (including phenoxy) is 2.